The van der Waals surface area contributed by atoms with Crippen LogP contribution in [0.3, 0.4) is 0 Å². The summed E-state index contributed by atoms with van der Waals surface area (Å²) >= 11 is 0. The van der Waals surface area contributed by atoms with E-state index in [1.54, 1.807) is 12.1 Å². The number of nitrogens with zero attached hydrogens (tertiary/aromatic N) is 2. The Morgan fingerprint density at radius 1 is 1.48 bits per heavy atom. The molecule has 0 saturated carbocycles. The molecule has 2 rings (SSSR count). The molecule has 6 nitrogen and oxygen atoms in total. The molecule has 1 atom stereocenters. The van der Waals surface area contributed by atoms with Crippen LogP contribution in [0.4, 0.5) is 11.4 Å². The van der Waals surface area contributed by atoms with Crippen molar-refractivity contribution in [2.24, 2.45) is 0 Å². The minimum atomic E-state index is -0.324. The number of benzene rings is 1. The summed E-state index contributed by atoms with van der Waals surface area (Å²) in [5.74, 6) is 0. The van der Waals surface area contributed by atoms with Gasteiger partial charge in [0.1, 0.15) is 5.69 Å². The SMILES string of the molecule is CCNc1ccc(CN2CCOC(CC)C2)cc1[N+](=O)[O-]. The molecule has 1 saturated heterocycles. The Kier molecular flexibility index (Phi) is 5.52. The van der Waals surface area contributed by atoms with Crippen LogP contribution < -0.4 is 5.32 Å². The molecule has 1 fully saturated rings. The maximum absolute atomic E-state index is 11.2. The van der Waals surface area contributed by atoms with Crippen LogP contribution in [0.2, 0.25) is 0 Å². The molecule has 1 heterocycles. The lowest BCUT2D eigenvalue weighted by atomic mass is 10.1. The fourth-order valence-electron chi connectivity index (χ4n) is 2.60. The number of nitro benzene ring substituents is 1. The number of hydrogen-bond donors (Lipinski definition) is 1. The summed E-state index contributed by atoms with van der Waals surface area (Å²) in [4.78, 5) is 13.1. The number of nitrogens with one attached hydrogen (secondary N) is 1. The van der Waals surface area contributed by atoms with Crippen LogP contribution >= 0.6 is 0 Å². The van der Waals surface area contributed by atoms with E-state index in [0.717, 1.165) is 38.2 Å². The van der Waals surface area contributed by atoms with Crippen molar-refractivity contribution in [2.45, 2.75) is 32.9 Å². The van der Waals surface area contributed by atoms with Crippen LogP contribution in [-0.2, 0) is 11.3 Å². The third kappa shape index (κ3) is 4.15. The maximum atomic E-state index is 11.2. The van der Waals surface area contributed by atoms with Gasteiger partial charge in [0.15, 0.2) is 0 Å². The summed E-state index contributed by atoms with van der Waals surface area (Å²) in [7, 11) is 0. The summed E-state index contributed by atoms with van der Waals surface area (Å²) < 4.78 is 5.65. The van der Waals surface area contributed by atoms with Gasteiger partial charge in [0.25, 0.3) is 5.69 Å². The Morgan fingerprint density at radius 2 is 2.29 bits per heavy atom. The Bertz CT molecular complexity index is 493. The van der Waals surface area contributed by atoms with Gasteiger partial charge in [-0.2, -0.15) is 0 Å². The van der Waals surface area contributed by atoms with Crippen molar-refractivity contribution in [1.82, 2.24) is 4.90 Å². The number of hydrogen-bond acceptors (Lipinski definition) is 5. The van der Waals surface area contributed by atoms with Crippen molar-refractivity contribution in [3.63, 3.8) is 0 Å². The maximum Gasteiger partial charge on any atom is 0.292 e. The highest BCUT2D eigenvalue weighted by Crippen LogP contribution is 2.26. The molecule has 0 aliphatic carbocycles. The molecule has 1 aliphatic rings. The van der Waals surface area contributed by atoms with Crippen LogP contribution in [0.1, 0.15) is 25.8 Å². The van der Waals surface area contributed by atoms with E-state index in [4.69, 9.17) is 4.74 Å². The molecule has 0 aromatic heterocycles. The van der Waals surface area contributed by atoms with Gasteiger partial charge in [-0.05, 0) is 25.0 Å². The predicted molar refractivity (Wildman–Crippen MR) is 82.6 cm³/mol. The number of anilines is 1. The molecule has 1 aromatic rings. The first-order chi connectivity index (χ1) is 10.1. The minimum absolute atomic E-state index is 0.148. The van der Waals surface area contributed by atoms with E-state index in [9.17, 15) is 10.1 Å². The molecule has 1 aromatic carbocycles. The molecular formula is C15H23N3O3. The van der Waals surface area contributed by atoms with Gasteiger partial charge in [-0.15, -0.1) is 0 Å². The molecule has 21 heavy (non-hydrogen) atoms. The van der Waals surface area contributed by atoms with Gasteiger partial charge in [-0.1, -0.05) is 13.0 Å². The van der Waals surface area contributed by atoms with E-state index in [0.29, 0.717) is 12.2 Å². The lowest BCUT2D eigenvalue weighted by Crippen LogP contribution is -2.41. The standard InChI is InChI=1S/C15H23N3O3/c1-3-13-11-17(7-8-21-13)10-12-5-6-14(16-4-2)15(9-12)18(19)20/h5-6,9,13,16H,3-4,7-8,10-11H2,1-2H3. The van der Waals surface area contributed by atoms with Gasteiger partial charge in [-0.25, -0.2) is 0 Å². The molecule has 1 aliphatic heterocycles. The number of rotatable bonds is 6. The van der Waals surface area contributed by atoms with Crippen molar-refractivity contribution >= 4 is 11.4 Å². The van der Waals surface area contributed by atoms with Crippen molar-refractivity contribution in [1.29, 1.82) is 0 Å². The zero-order valence-corrected chi connectivity index (χ0v) is 12.7. The van der Waals surface area contributed by atoms with Gasteiger partial charge >= 0.3 is 0 Å². The van der Waals surface area contributed by atoms with Gasteiger partial charge in [0.2, 0.25) is 0 Å². The van der Waals surface area contributed by atoms with Gasteiger partial charge in [0.05, 0.1) is 17.6 Å². The summed E-state index contributed by atoms with van der Waals surface area (Å²) in [6, 6.07) is 5.44. The summed E-state index contributed by atoms with van der Waals surface area (Å²) in [6.07, 6.45) is 1.27. The summed E-state index contributed by atoms with van der Waals surface area (Å²) in [5, 5.41) is 14.2. The number of nitro groups is 1. The van der Waals surface area contributed by atoms with E-state index < -0.39 is 0 Å². The average molecular weight is 293 g/mol. The highest BCUT2D eigenvalue weighted by atomic mass is 16.6. The second-order valence-electron chi connectivity index (χ2n) is 5.28. The highest BCUT2D eigenvalue weighted by molar-refractivity contribution is 5.62. The Hall–Kier alpha value is -1.66. The third-order valence-electron chi connectivity index (χ3n) is 3.71. The molecule has 116 valence electrons. The monoisotopic (exact) mass is 293 g/mol. The van der Waals surface area contributed by atoms with Gasteiger partial charge in [-0.3, -0.25) is 15.0 Å². The van der Waals surface area contributed by atoms with Crippen LogP contribution in [0, 0.1) is 10.1 Å². The smallest absolute Gasteiger partial charge is 0.292 e. The first-order valence-corrected chi connectivity index (χ1v) is 7.49. The zero-order valence-electron chi connectivity index (χ0n) is 12.7. The lowest BCUT2D eigenvalue weighted by Gasteiger charge is -2.32. The topological polar surface area (TPSA) is 67.6 Å². The molecule has 6 heteroatoms. The minimum Gasteiger partial charge on any atom is -0.380 e. The molecule has 0 bridgehead atoms. The first-order valence-electron chi connectivity index (χ1n) is 7.49. The lowest BCUT2D eigenvalue weighted by molar-refractivity contribution is -0.384. The van der Waals surface area contributed by atoms with Crippen molar-refractivity contribution in [2.75, 3.05) is 31.6 Å². The second-order valence-corrected chi connectivity index (χ2v) is 5.28. The van der Waals surface area contributed by atoms with E-state index in [2.05, 4.69) is 17.1 Å². The van der Waals surface area contributed by atoms with Gasteiger partial charge in [0, 0.05) is 32.2 Å². The van der Waals surface area contributed by atoms with Crippen LogP contribution in [0.25, 0.3) is 0 Å². The largest absolute Gasteiger partial charge is 0.380 e. The average Bonchev–Trinajstić information content (AvgIpc) is 2.49. The first kappa shape index (κ1) is 15.7. The van der Waals surface area contributed by atoms with Gasteiger partial charge < -0.3 is 10.1 Å². The molecule has 0 spiro atoms. The molecule has 0 radical (unpaired) electrons. The second kappa shape index (κ2) is 7.38. The fraction of sp³-hybridized carbons (Fsp3) is 0.600. The predicted octanol–water partition coefficient (Wildman–Crippen LogP) is 2.64. The van der Waals surface area contributed by atoms with Crippen LogP contribution in [-0.4, -0.2) is 42.2 Å². The number of morpholine rings is 1. The normalized spacial score (nSPS) is 19.4. The Balaban J connectivity index is 2.09. The van der Waals surface area contributed by atoms with Crippen LogP contribution in [0.15, 0.2) is 18.2 Å². The summed E-state index contributed by atoms with van der Waals surface area (Å²) in [5.41, 5.74) is 1.70. The molecule has 0 amide bonds. The third-order valence-corrected chi connectivity index (χ3v) is 3.71. The van der Waals surface area contributed by atoms with E-state index >= 15 is 0 Å². The molecular weight excluding hydrogens is 270 g/mol. The molecule has 1 N–H and O–H groups in total. The fourth-order valence-corrected chi connectivity index (χ4v) is 2.60. The van der Waals surface area contributed by atoms with Crippen LogP contribution in [0.5, 0.6) is 0 Å². The molecule has 1 unspecified atom stereocenters. The zero-order chi connectivity index (χ0) is 15.2. The van der Waals surface area contributed by atoms with E-state index in [1.165, 1.54) is 0 Å². The Labute approximate surface area is 125 Å². The quantitative estimate of drug-likeness (QED) is 0.645. The van der Waals surface area contributed by atoms with Crippen molar-refractivity contribution in [3.8, 4) is 0 Å². The summed E-state index contributed by atoms with van der Waals surface area (Å²) in [6.45, 7) is 7.93. The number of ether oxygens (including phenoxy) is 1. The van der Waals surface area contributed by atoms with Crippen molar-refractivity contribution < 1.29 is 9.66 Å². The van der Waals surface area contributed by atoms with E-state index in [-0.39, 0.29) is 16.7 Å². The Morgan fingerprint density at radius 3 is 2.95 bits per heavy atom. The van der Waals surface area contributed by atoms with E-state index in [1.807, 2.05) is 13.0 Å². The van der Waals surface area contributed by atoms with Crippen molar-refractivity contribution in [3.05, 3.63) is 33.9 Å². The highest BCUT2D eigenvalue weighted by Gasteiger charge is 2.20.